The fourth-order valence-corrected chi connectivity index (χ4v) is 4.95. The lowest BCUT2D eigenvalue weighted by Gasteiger charge is -2.47. The summed E-state index contributed by atoms with van der Waals surface area (Å²) in [6, 6.07) is -2.30. The maximum Gasteiger partial charge on any atom is 0.217 e. The largest absolute Gasteiger partial charge is 0.394 e. The molecule has 2 rings (SSSR count). The van der Waals surface area contributed by atoms with Gasteiger partial charge in [-0.2, -0.15) is 0 Å². The van der Waals surface area contributed by atoms with Crippen molar-refractivity contribution in [1.29, 1.82) is 0 Å². The van der Waals surface area contributed by atoms with E-state index in [0.717, 1.165) is 11.8 Å². The molecule has 0 saturated carbocycles. The van der Waals surface area contributed by atoms with Crippen LogP contribution in [0, 0.1) is 0 Å². The smallest absolute Gasteiger partial charge is 0.217 e. The number of carbonyl (C=O) groups is 2. The van der Waals surface area contributed by atoms with E-state index in [0.29, 0.717) is 0 Å². The first kappa shape index (κ1) is 24.2. The SMILES string of the molecule is CC(=O)N[C@@H]1[C@@H](O)[C@H](S[C@@H]2O[C@H](CO)[C@@H](O)[C@H](O)[C@H]2NC(C)=O)[C@@H](CO)O[C@@H]1O. The van der Waals surface area contributed by atoms with Gasteiger partial charge in [-0.05, 0) is 0 Å². The van der Waals surface area contributed by atoms with Crippen molar-refractivity contribution in [2.75, 3.05) is 13.2 Å². The zero-order chi connectivity index (χ0) is 21.9. The van der Waals surface area contributed by atoms with Gasteiger partial charge in [0.1, 0.15) is 29.8 Å². The molecule has 0 radical (unpaired) electrons. The Balaban J connectivity index is 2.26. The molecule has 0 spiro atoms. The number of carbonyl (C=O) groups excluding carboxylic acids is 2. The summed E-state index contributed by atoms with van der Waals surface area (Å²) >= 11 is 0.874. The molecule has 0 aromatic rings. The van der Waals surface area contributed by atoms with Crippen LogP contribution in [0.3, 0.4) is 0 Å². The summed E-state index contributed by atoms with van der Waals surface area (Å²) in [7, 11) is 0. The Morgan fingerprint density at radius 1 is 0.828 bits per heavy atom. The Morgan fingerprint density at radius 2 is 1.38 bits per heavy atom. The summed E-state index contributed by atoms with van der Waals surface area (Å²) in [5.74, 6) is -1.03. The quantitative estimate of drug-likeness (QED) is 0.198. The minimum Gasteiger partial charge on any atom is -0.394 e. The van der Waals surface area contributed by atoms with E-state index in [1.807, 2.05) is 0 Å². The lowest BCUT2D eigenvalue weighted by molar-refractivity contribution is -0.212. The molecule has 2 aliphatic rings. The molecule has 29 heavy (non-hydrogen) atoms. The molecule has 0 aromatic heterocycles. The van der Waals surface area contributed by atoms with Gasteiger partial charge >= 0.3 is 0 Å². The Hall–Kier alpha value is -1.03. The fraction of sp³-hybridized carbons (Fsp3) is 0.875. The molecule has 0 bridgehead atoms. The number of hydrogen-bond acceptors (Lipinski definition) is 11. The Bertz CT molecular complexity index is 584. The molecule has 13 heteroatoms. The van der Waals surface area contributed by atoms with Gasteiger partial charge in [0.15, 0.2) is 6.29 Å². The topological polar surface area (TPSA) is 198 Å². The maximum atomic E-state index is 11.5. The van der Waals surface area contributed by atoms with Crippen molar-refractivity contribution >= 4 is 23.6 Å². The first-order valence-electron chi connectivity index (χ1n) is 9.05. The third-order valence-corrected chi connectivity index (χ3v) is 6.35. The lowest BCUT2D eigenvalue weighted by atomic mass is 9.98. The second-order valence-electron chi connectivity index (χ2n) is 7.00. The van der Waals surface area contributed by atoms with Gasteiger partial charge < -0.3 is 50.7 Å². The average Bonchev–Trinajstić information content (AvgIpc) is 2.65. The molecule has 2 fully saturated rings. The highest BCUT2D eigenvalue weighted by Crippen LogP contribution is 2.37. The molecule has 2 saturated heterocycles. The maximum absolute atomic E-state index is 11.5. The second kappa shape index (κ2) is 10.3. The monoisotopic (exact) mass is 440 g/mol. The molecule has 2 aliphatic heterocycles. The number of ether oxygens (including phenoxy) is 2. The van der Waals surface area contributed by atoms with E-state index < -0.39 is 84.6 Å². The summed E-state index contributed by atoms with van der Waals surface area (Å²) in [5, 5.41) is 64.1. The van der Waals surface area contributed by atoms with E-state index in [-0.39, 0.29) is 0 Å². The molecular formula is C16H28N2O10S. The van der Waals surface area contributed by atoms with E-state index >= 15 is 0 Å². The summed E-state index contributed by atoms with van der Waals surface area (Å²) in [6.07, 6.45) is -8.12. The van der Waals surface area contributed by atoms with Gasteiger partial charge in [-0.1, -0.05) is 0 Å². The van der Waals surface area contributed by atoms with Crippen LogP contribution in [-0.4, -0.2) is 115 Å². The lowest BCUT2D eigenvalue weighted by Crippen LogP contribution is -2.66. The Labute approximate surface area is 171 Å². The van der Waals surface area contributed by atoms with Crippen LogP contribution in [0.2, 0.25) is 0 Å². The van der Waals surface area contributed by atoms with Gasteiger partial charge in [0.25, 0.3) is 0 Å². The van der Waals surface area contributed by atoms with E-state index in [1.165, 1.54) is 13.8 Å². The number of aliphatic hydroxyl groups is 6. The van der Waals surface area contributed by atoms with Gasteiger partial charge in [-0.25, -0.2) is 0 Å². The Morgan fingerprint density at radius 3 is 1.90 bits per heavy atom. The minimum atomic E-state index is -1.57. The van der Waals surface area contributed by atoms with Gasteiger partial charge in [0, 0.05) is 13.8 Å². The molecule has 10 atom stereocenters. The van der Waals surface area contributed by atoms with Gasteiger partial charge in [-0.3, -0.25) is 9.59 Å². The van der Waals surface area contributed by atoms with Crippen molar-refractivity contribution in [3.63, 3.8) is 0 Å². The van der Waals surface area contributed by atoms with Crippen LogP contribution in [0.25, 0.3) is 0 Å². The van der Waals surface area contributed by atoms with E-state index in [2.05, 4.69) is 10.6 Å². The molecule has 168 valence electrons. The first-order valence-corrected chi connectivity index (χ1v) is 9.99. The molecule has 12 nitrogen and oxygen atoms in total. The van der Waals surface area contributed by atoms with Crippen molar-refractivity contribution in [3.05, 3.63) is 0 Å². The number of nitrogens with one attached hydrogen (secondary N) is 2. The van der Waals surface area contributed by atoms with Crippen molar-refractivity contribution in [1.82, 2.24) is 10.6 Å². The van der Waals surface area contributed by atoms with E-state index in [4.69, 9.17) is 9.47 Å². The summed E-state index contributed by atoms with van der Waals surface area (Å²) in [6.45, 7) is 1.21. The van der Waals surface area contributed by atoms with Gasteiger partial charge in [0.05, 0.1) is 36.7 Å². The van der Waals surface area contributed by atoms with Crippen molar-refractivity contribution in [2.45, 2.75) is 73.4 Å². The fourth-order valence-electron chi connectivity index (χ4n) is 3.38. The Kier molecular flexibility index (Phi) is 8.63. The van der Waals surface area contributed by atoms with Crippen LogP contribution < -0.4 is 10.6 Å². The predicted molar refractivity (Wildman–Crippen MR) is 98.3 cm³/mol. The summed E-state index contributed by atoms with van der Waals surface area (Å²) < 4.78 is 10.9. The molecule has 0 aromatic carbocycles. The normalized spacial score (nSPS) is 42.9. The molecule has 0 aliphatic carbocycles. The van der Waals surface area contributed by atoms with Gasteiger partial charge in [0.2, 0.25) is 11.8 Å². The molecule has 0 unspecified atom stereocenters. The highest BCUT2D eigenvalue weighted by atomic mass is 32.2. The second-order valence-corrected chi connectivity index (χ2v) is 8.28. The molecular weight excluding hydrogens is 412 g/mol. The third kappa shape index (κ3) is 5.57. The summed E-state index contributed by atoms with van der Waals surface area (Å²) in [5.41, 5.74) is -1.06. The molecule has 2 amide bonds. The highest BCUT2D eigenvalue weighted by Gasteiger charge is 2.50. The predicted octanol–water partition coefficient (Wildman–Crippen LogP) is -4.39. The standard InChI is InChI=1S/C16H28N2O10S/c1-5(21)17-9-13(25)14(8(4-20)27-15(9)26)29-16-10(18-6(2)22)12(24)11(23)7(3-19)28-16/h7-16,19-20,23-26H,3-4H2,1-2H3,(H,17,21)(H,18,22)/t7-,8-,9-,10-,11-,12-,13-,14-,15+,16+/m1/s1. The number of thioether (sulfide) groups is 1. The molecule has 2 heterocycles. The van der Waals surface area contributed by atoms with Gasteiger partial charge in [-0.15, -0.1) is 11.8 Å². The minimum absolute atomic E-state index is 0.511. The zero-order valence-corrected chi connectivity index (χ0v) is 16.7. The van der Waals surface area contributed by atoms with Crippen LogP contribution in [0.1, 0.15) is 13.8 Å². The highest BCUT2D eigenvalue weighted by molar-refractivity contribution is 8.00. The summed E-state index contributed by atoms with van der Waals surface area (Å²) in [4.78, 5) is 22.9. The van der Waals surface area contributed by atoms with E-state index in [1.54, 1.807) is 0 Å². The van der Waals surface area contributed by atoms with Crippen LogP contribution in [0.15, 0.2) is 0 Å². The third-order valence-electron chi connectivity index (χ3n) is 4.78. The van der Waals surface area contributed by atoms with Crippen molar-refractivity contribution in [3.8, 4) is 0 Å². The van der Waals surface area contributed by atoms with Crippen LogP contribution in [0.4, 0.5) is 0 Å². The van der Waals surface area contributed by atoms with E-state index in [9.17, 15) is 40.2 Å². The number of aliphatic hydroxyl groups excluding tert-OH is 6. The van der Waals surface area contributed by atoms with Crippen LogP contribution >= 0.6 is 11.8 Å². The average molecular weight is 440 g/mol. The number of hydrogen-bond donors (Lipinski definition) is 8. The van der Waals surface area contributed by atoms with Crippen molar-refractivity contribution < 1.29 is 49.7 Å². The zero-order valence-electron chi connectivity index (χ0n) is 15.9. The van der Waals surface area contributed by atoms with Crippen molar-refractivity contribution in [2.24, 2.45) is 0 Å². The van der Waals surface area contributed by atoms with Crippen LogP contribution in [0.5, 0.6) is 0 Å². The van der Waals surface area contributed by atoms with Crippen LogP contribution in [-0.2, 0) is 19.1 Å². The number of rotatable bonds is 6. The molecule has 8 N–H and O–H groups in total. The first-order chi connectivity index (χ1) is 13.6. The number of amides is 2.